The number of rotatable bonds is 6. The largest absolute Gasteiger partial charge is 0.481 e. The molecule has 0 bridgehead atoms. The molecule has 1 aliphatic rings. The van der Waals surface area contributed by atoms with E-state index < -0.39 is 18.5 Å². The second-order valence-electron chi connectivity index (χ2n) is 8.62. The molecule has 1 unspecified atom stereocenters. The molecule has 4 aromatic rings. The van der Waals surface area contributed by atoms with Gasteiger partial charge in [0.15, 0.2) is 6.61 Å². The summed E-state index contributed by atoms with van der Waals surface area (Å²) in [7, 11) is 0. The molecule has 5 rings (SSSR count). The van der Waals surface area contributed by atoms with Gasteiger partial charge >= 0.3 is 5.97 Å². The Kier molecular flexibility index (Phi) is 5.50. The molecule has 1 amide bonds. The fourth-order valence-electron chi connectivity index (χ4n) is 5.21. The fourth-order valence-corrected chi connectivity index (χ4v) is 5.21. The molecule has 3 N–H and O–H groups in total. The van der Waals surface area contributed by atoms with Crippen molar-refractivity contribution in [2.24, 2.45) is 5.73 Å². The highest BCUT2D eigenvalue weighted by molar-refractivity contribution is 5.97. The van der Waals surface area contributed by atoms with Gasteiger partial charge in [-0.15, -0.1) is 0 Å². The lowest BCUT2D eigenvalue weighted by Gasteiger charge is -2.14. The zero-order valence-electron chi connectivity index (χ0n) is 18.3. The van der Waals surface area contributed by atoms with Crippen molar-refractivity contribution >= 4 is 33.6 Å². The Hall–Kier alpha value is -3.80. The standard InChI is InChI=1S/C27H26N2O4/c28-27(32)20-11-3-4-12-21-25(20)26-22(13-6-14-23(26)33-16-24(30)31)29(21)15-18-9-5-8-17-7-1-2-10-19(17)18/h1-2,5-10,13-14,20H,3-4,11-12,15-16H2,(H2,28,32)(H,30,31). The number of nitrogens with two attached hydrogens (primary N) is 1. The highest BCUT2D eigenvalue weighted by Gasteiger charge is 2.31. The Bertz CT molecular complexity index is 1370. The van der Waals surface area contributed by atoms with Crippen molar-refractivity contribution in [3.8, 4) is 5.75 Å². The van der Waals surface area contributed by atoms with Crippen LogP contribution in [0.25, 0.3) is 21.7 Å². The molecule has 33 heavy (non-hydrogen) atoms. The van der Waals surface area contributed by atoms with Gasteiger partial charge in [-0.2, -0.15) is 0 Å². The van der Waals surface area contributed by atoms with Crippen molar-refractivity contribution in [2.75, 3.05) is 6.61 Å². The lowest BCUT2D eigenvalue weighted by atomic mass is 9.92. The molecule has 1 aromatic heterocycles. The van der Waals surface area contributed by atoms with Crippen LogP contribution in [0, 0.1) is 0 Å². The SMILES string of the molecule is NC(=O)C1CCCCc2c1c1c(OCC(=O)O)cccc1n2Cc1cccc2ccccc12. The highest BCUT2D eigenvalue weighted by atomic mass is 16.5. The van der Waals surface area contributed by atoms with Gasteiger partial charge in [0.1, 0.15) is 5.75 Å². The van der Waals surface area contributed by atoms with Crippen molar-refractivity contribution in [3.63, 3.8) is 0 Å². The van der Waals surface area contributed by atoms with Crippen LogP contribution in [0.3, 0.4) is 0 Å². The molecule has 0 saturated heterocycles. The number of carbonyl (C=O) groups is 2. The molecule has 0 spiro atoms. The summed E-state index contributed by atoms with van der Waals surface area (Å²) >= 11 is 0. The van der Waals surface area contributed by atoms with Crippen LogP contribution < -0.4 is 10.5 Å². The number of benzene rings is 3. The number of carboxylic acid groups (broad SMARTS) is 1. The molecule has 0 fully saturated rings. The quantitative estimate of drug-likeness (QED) is 0.427. The first-order valence-corrected chi connectivity index (χ1v) is 11.3. The number of carbonyl (C=O) groups excluding carboxylic acids is 1. The van der Waals surface area contributed by atoms with Crippen LogP contribution in [0.15, 0.2) is 60.7 Å². The summed E-state index contributed by atoms with van der Waals surface area (Å²) in [5.41, 5.74) is 9.97. The first-order chi connectivity index (χ1) is 16.0. The average molecular weight is 443 g/mol. The summed E-state index contributed by atoms with van der Waals surface area (Å²) in [6.07, 6.45) is 3.39. The van der Waals surface area contributed by atoms with E-state index in [0.29, 0.717) is 18.7 Å². The highest BCUT2D eigenvalue weighted by Crippen LogP contribution is 2.42. The van der Waals surface area contributed by atoms with E-state index in [4.69, 9.17) is 15.6 Å². The maximum atomic E-state index is 12.5. The van der Waals surface area contributed by atoms with E-state index in [2.05, 4.69) is 34.9 Å². The van der Waals surface area contributed by atoms with Gasteiger partial charge in [0.25, 0.3) is 0 Å². The monoisotopic (exact) mass is 442 g/mol. The third-order valence-corrected chi connectivity index (χ3v) is 6.61. The zero-order chi connectivity index (χ0) is 22.9. The van der Waals surface area contributed by atoms with Crippen LogP contribution in [0.2, 0.25) is 0 Å². The molecular formula is C27H26N2O4. The van der Waals surface area contributed by atoms with Gasteiger partial charge in [-0.25, -0.2) is 4.79 Å². The van der Waals surface area contributed by atoms with Crippen LogP contribution in [0.5, 0.6) is 5.75 Å². The lowest BCUT2D eigenvalue weighted by molar-refractivity contribution is -0.139. The molecule has 0 radical (unpaired) electrons. The Labute approximate surface area is 191 Å². The Morgan fingerprint density at radius 1 is 1.03 bits per heavy atom. The van der Waals surface area contributed by atoms with Gasteiger partial charge < -0.3 is 20.1 Å². The summed E-state index contributed by atoms with van der Waals surface area (Å²) in [6.45, 7) is 0.199. The first kappa shape index (κ1) is 21.1. The Balaban J connectivity index is 1.75. The molecule has 6 nitrogen and oxygen atoms in total. The maximum absolute atomic E-state index is 12.5. The molecule has 1 atom stereocenters. The number of carboxylic acids is 1. The van der Waals surface area contributed by atoms with Crippen LogP contribution in [-0.4, -0.2) is 28.2 Å². The second-order valence-corrected chi connectivity index (χ2v) is 8.62. The third kappa shape index (κ3) is 3.82. The van der Waals surface area contributed by atoms with Crippen molar-refractivity contribution in [3.05, 3.63) is 77.5 Å². The van der Waals surface area contributed by atoms with Gasteiger partial charge in [0, 0.05) is 17.6 Å². The summed E-state index contributed by atoms with van der Waals surface area (Å²) in [5.74, 6) is -1.33. The average Bonchev–Trinajstić information content (AvgIpc) is 2.96. The predicted molar refractivity (Wildman–Crippen MR) is 128 cm³/mol. The normalized spacial score (nSPS) is 15.8. The minimum Gasteiger partial charge on any atom is -0.481 e. The van der Waals surface area contributed by atoms with Crippen molar-refractivity contribution < 1.29 is 19.4 Å². The number of hydrogen-bond acceptors (Lipinski definition) is 3. The van der Waals surface area contributed by atoms with E-state index in [-0.39, 0.29) is 5.91 Å². The van der Waals surface area contributed by atoms with E-state index in [1.54, 1.807) is 6.07 Å². The number of aliphatic carboxylic acids is 1. The van der Waals surface area contributed by atoms with Crippen LogP contribution in [0.1, 0.15) is 42.0 Å². The number of nitrogens with zero attached hydrogens (tertiary/aromatic N) is 1. The lowest BCUT2D eigenvalue weighted by Crippen LogP contribution is -2.21. The van der Waals surface area contributed by atoms with Gasteiger partial charge in [0.05, 0.1) is 11.4 Å². The van der Waals surface area contributed by atoms with Gasteiger partial charge in [-0.3, -0.25) is 4.79 Å². The molecular weight excluding hydrogens is 416 g/mol. The van der Waals surface area contributed by atoms with E-state index in [9.17, 15) is 9.59 Å². The Morgan fingerprint density at radius 2 is 1.82 bits per heavy atom. The molecule has 3 aromatic carbocycles. The molecule has 1 heterocycles. The number of ether oxygens (including phenoxy) is 1. The van der Waals surface area contributed by atoms with Crippen LogP contribution in [-0.2, 0) is 22.6 Å². The zero-order valence-corrected chi connectivity index (χ0v) is 18.3. The number of aromatic nitrogens is 1. The predicted octanol–water partition coefficient (Wildman–Crippen LogP) is 4.60. The van der Waals surface area contributed by atoms with E-state index in [1.807, 2.05) is 24.3 Å². The third-order valence-electron chi connectivity index (χ3n) is 6.61. The summed E-state index contributed by atoms with van der Waals surface area (Å²) in [6, 6.07) is 20.3. The van der Waals surface area contributed by atoms with Gasteiger partial charge in [-0.1, -0.05) is 55.0 Å². The summed E-state index contributed by atoms with van der Waals surface area (Å²) in [5, 5.41) is 12.3. The molecule has 6 heteroatoms. The minimum atomic E-state index is -1.04. The van der Waals surface area contributed by atoms with Crippen LogP contribution >= 0.6 is 0 Å². The first-order valence-electron chi connectivity index (χ1n) is 11.3. The number of amides is 1. The number of primary amides is 1. The molecule has 168 valence electrons. The maximum Gasteiger partial charge on any atom is 0.341 e. The van der Waals surface area contributed by atoms with Crippen molar-refractivity contribution in [2.45, 2.75) is 38.1 Å². The second kappa shape index (κ2) is 8.62. The fraction of sp³-hybridized carbons (Fsp3) is 0.259. The number of hydrogen-bond donors (Lipinski definition) is 2. The van der Waals surface area contributed by atoms with E-state index in [0.717, 1.165) is 41.4 Å². The summed E-state index contributed by atoms with van der Waals surface area (Å²) < 4.78 is 7.95. The van der Waals surface area contributed by atoms with E-state index in [1.165, 1.54) is 16.3 Å². The summed E-state index contributed by atoms with van der Waals surface area (Å²) in [4.78, 5) is 23.7. The topological polar surface area (TPSA) is 94.6 Å². The van der Waals surface area contributed by atoms with Gasteiger partial charge in [0.2, 0.25) is 5.91 Å². The van der Waals surface area contributed by atoms with Crippen LogP contribution in [0.4, 0.5) is 0 Å². The smallest absolute Gasteiger partial charge is 0.341 e. The van der Waals surface area contributed by atoms with Gasteiger partial charge in [-0.05, 0) is 53.3 Å². The molecule has 1 aliphatic carbocycles. The van der Waals surface area contributed by atoms with Crippen molar-refractivity contribution in [1.29, 1.82) is 0 Å². The molecule has 0 aliphatic heterocycles. The number of fused-ring (bicyclic) bond motifs is 4. The Morgan fingerprint density at radius 3 is 2.64 bits per heavy atom. The minimum absolute atomic E-state index is 0.351. The van der Waals surface area contributed by atoms with E-state index >= 15 is 0 Å². The van der Waals surface area contributed by atoms with Crippen molar-refractivity contribution in [1.82, 2.24) is 4.57 Å². The molecule has 0 saturated carbocycles.